The Morgan fingerprint density at radius 2 is 1.90 bits per heavy atom. The summed E-state index contributed by atoms with van der Waals surface area (Å²) >= 11 is 3.39. The van der Waals surface area contributed by atoms with E-state index in [2.05, 4.69) is 26.6 Å². The van der Waals surface area contributed by atoms with Crippen LogP contribution in [0.2, 0.25) is 0 Å². The molecule has 1 saturated carbocycles. The maximum absolute atomic E-state index is 12.3. The zero-order chi connectivity index (χ0) is 15.3. The van der Waals surface area contributed by atoms with Gasteiger partial charge in [-0.05, 0) is 30.5 Å². The van der Waals surface area contributed by atoms with E-state index in [1.54, 1.807) is 7.11 Å². The molecule has 6 heteroatoms. The van der Waals surface area contributed by atoms with E-state index in [9.17, 15) is 9.59 Å². The Labute approximate surface area is 132 Å². The molecule has 1 fully saturated rings. The molecule has 0 bridgehead atoms. The van der Waals surface area contributed by atoms with Crippen LogP contribution in [0.1, 0.15) is 18.4 Å². The first kappa shape index (κ1) is 16.0. The van der Waals surface area contributed by atoms with Crippen LogP contribution in [-0.4, -0.2) is 38.6 Å². The Hall–Kier alpha value is -1.40. The van der Waals surface area contributed by atoms with Gasteiger partial charge in [-0.3, -0.25) is 9.59 Å². The number of rotatable bonds is 7. The summed E-state index contributed by atoms with van der Waals surface area (Å²) < 4.78 is 5.83. The van der Waals surface area contributed by atoms with Crippen LogP contribution in [0.5, 0.6) is 0 Å². The van der Waals surface area contributed by atoms with Gasteiger partial charge in [0.2, 0.25) is 11.8 Å². The molecule has 2 N–H and O–H groups in total. The highest BCUT2D eigenvalue weighted by Gasteiger charge is 2.51. The molecule has 2 rings (SSSR count). The highest BCUT2D eigenvalue weighted by molar-refractivity contribution is 9.10. The topological polar surface area (TPSA) is 67.4 Å². The van der Waals surface area contributed by atoms with Gasteiger partial charge in [0.15, 0.2) is 0 Å². The maximum Gasteiger partial charge on any atom is 0.239 e. The Balaban J connectivity index is 1.85. The quantitative estimate of drug-likeness (QED) is 0.726. The average molecular weight is 355 g/mol. The number of benzene rings is 1. The fourth-order valence-corrected chi connectivity index (χ4v) is 2.49. The number of carbonyl (C=O) groups excluding carboxylic acids is 2. The fraction of sp³-hybridized carbons (Fsp3) is 0.467. The fourth-order valence-electron chi connectivity index (χ4n) is 2.23. The molecule has 21 heavy (non-hydrogen) atoms. The van der Waals surface area contributed by atoms with Crippen LogP contribution in [0.4, 0.5) is 0 Å². The van der Waals surface area contributed by atoms with Crippen LogP contribution in [0.15, 0.2) is 28.7 Å². The summed E-state index contributed by atoms with van der Waals surface area (Å²) in [6.07, 6.45) is 1.65. The summed E-state index contributed by atoms with van der Waals surface area (Å²) in [5, 5.41) is 5.39. The third-order valence-corrected chi connectivity index (χ3v) is 4.15. The van der Waals surface area contributed by atoms with Crippen molar-refractivity contribution in [3.8, 4) is 0 Å². The van der Waals surface area contributed by atoms with Crippen molar-refractivity contribution in [2.24, 2.45) is 0 Å². The Morgan fingerprint density at radius 1 is 1.24 bits per heavy atom. The number of carbonyl (C=O) groups is 2. The van der Waals surface area contributed by atoms with Crippen molar-refractivity contribution in [3.63, 3.8) is 0 Å². The van der Waals surface area contributed by atoms with E-state index < -0.39 is 5.41 Å². The molecule has 1 aromatic carbocycles. The number of hydrogen-bond donors (Lipinski definition) is 2. The SMILES string of the molecule is COCCNC(=O)CNC(=O)C1(c2ccc(Br)cc2)CC1. The second-order valence-corrected chi connectivity index (χ2v) is 6.03. The Kier molecular flexibility index (Phi) is 5.36. The lowest BCUT2D eigenvalue weighted by molar-refractivity contribution is -0.127. The molecule has 0 saturated heterocycles. The molecule has 1 aromatic rings. The lowest BCUT2D eigenvalue weighted by atomic mass is 9.95. The number of hydrogen-bond acceptors (Lipinski definition) is 3. The minimum Gasteiger partial charge on any atom is -0.383 e. The van der Waals surface area contributed by atoms with Crippen molar-refractivity contribution >= 4 is 27.7 Å². The van der Waals surface area contributed by atoms with E-state index >= 15 is 0 Å². The first-order valence-electron chi connectivity index (χ1n) is 6.88. The van der Waals surface area contributed by atoms with Gasteiger partial charge in [0, 0.05) is 18.1 Å². The summed E-state index contributed by atoms with van der Waals surface area (Å²) in [7, 11) is 1.57. The maximum atomic E-state index is 12.3. The highest BCUT2D eigenvalue weighted by atomic mass is 79.9. The molecule has 1 aliphatic rings. The van der Waals surface area contributed by atoms with Gasteiger partial charge in [-0.15, -0.1) is 0 Å². The van der Waals surface area contributed by atoms with E-state index in [1.165, 1.54) is 0 Å². The summed E-state index contributed by atoms with van der Waals surface area (Å²) in [5.41, 5.74) is 0.552. The van der Waals surface area contributed by atoms with Crippen LogP contribution in [0, 0.1) is 0 Å². The first-order valence-corrected chi connectivity index (χ1v) is 7.68. The van der Waals surface area contributed by atoms with E-state index in [1.807, 2.05) is 24.3 Å². The lowest BCUT2D eigenvalue weighted by Gasteiger charge is -2.15. The number of methoxy groups -OCH3 is 1. The summed E-state index contributed by atoms with van der Waals surface area (Å²) in [6.45, 7) is 0.909. The van der Waals surface area contributed by atoms with Crippen LogP contribution in [-0.2, 0) is 19.7 Å². The average Bonchev–Trinajstić information content (AvgIpc) is 3.27. The molecule has 0 atom stereocenters. The molecule has 0 aromatic heterocycles. The van der Waals surface area contributed by atoms with E-state index in [0.717, 1.165) is 22.9 Å². The number of ether oxygens (including phenoxy) is 1. The van der Waals surface area contributed by atoms with E-state index in [-0.39, 0.29) is 18.4 Å². The van der Waals surface area contributed by atoms with Crippen molar-refractivity contribution in [1.82, 2.24) is 10.6 Å². The van der Waals surface area contributed by atoms with Gasteiger partial charge in [-0.2, -0.15) is 0 Å². The monoisotopic (exact) mass is 354 g/mol. The second-order valence-electron chi connectivity index (χ2n) is 5.11. The van der Waals surface area contributed by atoms with Crippen LogP contribution in [0.3, 0.4) is 0 Å². The predicted octanol–water partition coefficient (Wildman–Crippen LogP) is 1.36. The molecule has 0 aliphatic heterocycles. The van der Waals surface area contributed by atoms with E-state index in [4.69, 9.17) is 4.74 Å². The number of halogens is 1. The summed E-state index contributed by atoms with van der Waals surface area (Å²) in [4.78, 5) is 23.9. The second kappa shape index (κ2) is 7.04. The summed E-state index contributed by atoms with van der Waals surface area (Å²) in [6, 6.07) is 7.77. The van der Waals surface area contributed by atoms with Gasteiger partial charge in [0.1, 0.15) is 0 Å². The minimum atomic E-state index is -0.451. The normalized spacial score (nSPS) is 15.3. The largest absolute Gasteiger partial charge is 0.383 e. The smallest absolute Gasteiger partial charge is 0.239 e. The van der Waals surface area contributed by atoms with Gasteiger partial charge in [0.05, 0.1) is 18.6 Å². The molecule has 5 nitrogen and oxygen atoms in total. The summed E-state index contributed by atoms with van der Waals surface area (Å²) in [5.74, 6) is -0.279. The van der Waals surface area contributed by atoms with Gasteiger partial charge >= 0.3 is 0 Å². The third kappa shape index (κ3) is 4.04. The molecule has 2 amide bonds. The predicted molar refractivity (Wildman–Crippen MR) is 82.9 cm³/mol. The lowest BCUT2D eigenvalue weighted by Crippen LogP contribution is -2.42. The highest BCUT2D eigenvalue weighted by Crippen LogP contribution is 2.48. The van der Waals surface area contributed by atoms with Crippen molar-refractivity contribution < 1.29 is 14.3 Å². The van der Waals surface area contributed by atoms with E-state index in [0.29, 0.717) is 13.2 Å². The van der Waals surface area contributed by atoms with Crippen molar-refractivity contribution in [2.75, 3.05) is 26.8 Å². The van der Waals surface area contributed by atoms with Crippen molar-refractivity contribution in [2.45, 2.75) is 18.3 Å². The van der Waals surface area contributed by atoms with Gasteiger partial charge in [-0.1, -0.05) is 28.1 Å². The molecule has 0 radical (unpaired) electrons. The molecule has 1 aliphatic carbocycles. The van der Waals surface area contributed by atoms with Crippen LogP contribution in [0.25, 0.3) is 0 Å². The molecular formula is C15H19BrN2O3. The number of nitrogens with one attached hydrogen (secondary N) is 2. The van der Waals surface area contributed by atoms with Crippen molar-refractivity contribution in [3.05, 3.63) is 34.3 Å². The zero-order valence-corrected chi connectivity index (χ0v) is 13.5. The van der Waals surface area contributed by atoms with Crippen LogP contribution < -0.4 is 10.6 Å². The molecule has 0 spiro atoms. The van der Waals surface area contributed by atoms with Gasteiger partial charge in [0.25, 0.3) is 0 Å². The minimum absolute atomic E-state index is 0.000819. The molecule has 114 valence electrons. The van der Waals surface area contributed by atoms with Gasteiger partial charge < -0.3 is 15.4 Å². The Morgan fingerprint density at radius 3 is 2.48 bits per heavy atom. The standard InChI is InChI=1S/C15H19BrN2O3/c1-21-9-8-17-13(19)10-18-14(20)15(6-7-15)11-2-4-12(16)5-3-11/h2-5H,6-10H2,1H3,(H,17,19)(H,18,20). The molecule has 0 unspecified atom stereocenters. The van der Waals surface area contributed by atoms with Crippen LogP contribution >= 0.6 is 15.9 Å². The molecular weight excluding hydrogens is 336 g/mol. The zero-order valence-electron chi connectivity index (χ0n) is 11.9. The third-order valence-electron chi connectivity index (χ3n) is 3.62. The number of amides is 2. The first-order chi connectivity index (χ1) is 10.1. The van der Waals surface area contributed by atoms with Gasteiger partial charge in [-0.25, -0.2) is 0 Å². The molecule has 0 heterocycles. The van der Waals surface area contributed by atoms with Crippen molar-refractivity contribution in [1.29, 1.82) is 0 Å². The Bertz CT molecular complexity index is 512.